The maximum Gasteiger partial charge on any atom is 0.262 e. The molecule has 2 aromatic heterocycles. The fraction of sp³-hybridized carbons (Fsp3) is 0.111. The summed E-state index contributed by atoms with van der Waals surface area (Å²) in [4.78, 5) is 17.0. The molecule has 0 aliphatic rings. The number of nitrogens with one attached hydrogen (secondary N) is 1. The van der Waals surface area contributed by atoms with E-state index in [9.17, 15) is 4.79 Å². The summed E-state index contributed by atoms with van der Waals surface area (Å²) in [6.45, 7) is 7.26. The molecule has 0 fully saturated rings. The molecule has 1 aromatic carbocycles. The van der Waals surface area contributed by atoms with Crippen molar-refractivity contribution < 1.29 is 4.79 Å². The summed E-state index contributed by atoms with van der Waals surface area (Å²) >= 11 is 6.27. The van der Waals surface area contributed by atoms with Crippen LogP contribution in [0.15, 0.2) is 48.1 Å². The summed E-state index contributed by atoms with van der Waals surface area (Å²) in [5.74, 6) is 0.547. The van der Waals surface area contributed by atoms with Gasteiger partial charge in [0.05, 0.1) is 22.6 Å². The SMILES string of the molecule is C=Cn1ncc(C(=O)Nc2cc(C)nn2-c2ccccc2Cl)c1/N=C\C. The van der Waals surface area contributed by atoms with Crippen molar-refractivity contribution in [2.75, 3.05) is 5.32 Å². The number of amides is 1. The summed E-state index contributed by atoms with van der Waals surface area (Å²) in [5, 5.41) is 11.9. The zero-order valence-corrected chi connectivity index (χ0v) is 15.1. The fourth-order valence-electron chi connectivity index (χ4n) is 2.48. The van der Waals surface area contributed by atoms with E-state index in [4.69, 9.17) is 11.6 Å². The Bertz CT molecular complexity index is 1000. The molecule has 3 rings (SSSR count). The van der Waals surface area contributed by atoms with Crippen LogP contribution in [-0.4, -0.2) is 31.7 Å². The summed E-state index contributed by atoms with van der Waals surface area (Å²) in [5.41, 5.74) is 1.74. The molecule has 0 saturated heterocycles. The largest absolute Gasteiger partial charge is 0.306 e. The molecule has 0 unspecified atom stereocenters. The molecule has 7 nitrogen and oxygen atoms in total. The third-order valence-electron chi connectivity index (χ3n) is 3.59. The minimum absolute atomic E-state index is 0.326. The molecule has 0 bridgehead atoms. The van der Waals surface area contributed by atoms with Crippen LogP contribution in [0.25, 0.3) is 11.9 Å². The monoisotopic (exact) mass is 368 g/mol. The molecule has 26 heavy (non-hydrogen) atoms. The Morgan fingerprint density at radius 3 is 2.85 bits per heavy atom. The van der Waals surface area contributed by atoms with Crippen molar-refractivity contribution in [1.82, 2.24) is 19.6 Å². The highest BCUT2D eigenvalue weighted by atomic mass is 35.5. The van der Waals surface area contributed by atoms with Crippen LogP contribution >= 0.6 is 11.6 Å². The van der Waals surface area contributed by atoms with E-state index in [2.05, 4.69) is 27.1 Å². The number of benzene rings is 1. The molecule has 2 heterocycles. The van der Waals surface area contributed by atoms with Crippen molar-refractivity contribution in [3.8, 4) is 5.69 Å². The summed E-state index contributed by atoms with van der Waals surface area (Å²) in [6, 6.07) is 9.04. The minimum Gasteiger partial charge on any atom is -0.306 e. The highest BCUT2D eigenvalue weighted by Gasteiger charge is 2.19. The number of nitrogens with zero attached hydrogens (tertiary/aromatic N) is 5. The Labute approximate surface area is 155 Å². The topological polar surface area (TPSA) is 77.1 Å². The standard InChI is InChI=1S/C18H17ClN6O/c1-4-20-17-13(11-21-24(17)5-2)18(26)22-16-10-12(3)23-25(16)15-9-7-6-8-14(15)19/h4-11H,2H2,1,3H3,(H,22,26)/b20-4-. The van der Waals surface area contributed by atoms with Gasteiger partial charge in [-0.05, 0) is 26.0 Å². The van der Waals surface area contributed by atoms with E-state index in [1.54, 1.807) is 30.0 Å². The van der Waals surface area contributed by atoms with Crippen LogP contribution in [0.4, 0.5) is 11.6 Å². The molecule has 0 aliphatic heterocycles. The third-order valence-corrected chi connectivity index (χ3v) is 3.91. The van der Waals surface area contributed by atoms with Crippen molar-refractivity contribution in [2.45, 2.75) is 13.8 Å². The van der Waals surface area contributed by atoms with Gasteiger partial charge in [-0.3, -0.25) is 4.79 Å². The molecular weight excluding hydrogens is 352 g/mol. The molecule has 8 heteroatoms. The quantitative estimate of drug-likeness (QED) is 0.688. The highest BCUT2D eigenvalue weighted by molar-refractivity contribution is 6.32. The van der Waals surface area contributed by atoms with Gasteiger partial charge in [0.15, 0.2) is 5.82 Å². The van der Waals surface area contributed by atoms with E-state index >= 15 is 0 Å². The highest BCUT2D eigenvalue weighted by Crippen LogP contribution is 2.25. The lowest BCUT2D eigenvalue weighted by molar-refractivity contribution is 0.102. The number of rotatable bonds is 5. The van der Waals surface area contributed by atoms with Crippen LogP contribution in [-0.2, 0) is 0 Å². The van der Waals surface area contributed by atoms with Gasteiger partial charge >= 0.3 is 0 Å². The number of hydrogen-bond donors (Lipinski definition) is 1. The van der Waals surface area contributed by atoms with Crippen LogP contribution in [0, 0.1) is 6.92 Å². The van der Waals surface area contributed by atoms with Gasteiger partial charge in [-0.15, -0.1) is 0 Å². The number of aryl methyl sites for hydroxylation is 1. The smallest absolute Gasteiger partial charge is 0.262 e. The first-order valence-corrected chi connectivity index (χ1v) is 8.24. The number of carbonyl (C=O) groups excluding carboxylic acids is 1. The first-order chi connectivity index (χ1) is 12.5. The van der Waals surface area contributed by atoms with Crippen molar-refractivity contribution in [3.05, 3.63) is 59.4 Å². The Morgan fingerprint density at radius 2 is 2.15 bits per heavy atom. The number of hydrogen-bond acceptors (Lipinski definition) is 4. The van der Waals surface area contributed by atoms with E-state index in [0.717, 1.165) is 5.69 Å². The number of aromatic nitrogens is 4. The van der Waals surface area contributed by atoms with Gasteiger partial charge in [0.1, 0.15) is 11.4 Å². The van der Waals surface area contributed by atoms with Crippen molar-refractivity contribution in [2.24, 2.45) is 4.99 Å². The second kappa shape index (κ2) is 7.37. The van der Waals surface area contributed by atoms with E-state index in [1.807, 2.05) is 25.1 Å². The van der Waals surface area contributed by atoms with E-state index in [0.29, 0.717) is 27.9 Å². The Kier molecular flexibility index (Phi) is 4.99. The number of halogens is 1. The predicted molar refractivity (Wildman–Crippen MR) is 104 cm³/mol. The molecule has 3 aromatic rings. The second-order valence-corrected chi connectivity index (χ2v) is 5.79. The van der Waals surface area contributed by atoms with Gasteiger partial charge in [-0.2, -0.15) is 10.2 Å². The molecule has 0 aliphatic carbocycles. The first-order valence-electron chi connectivity index (χ1n) is 7.86. The zero-order valence-electron chi connectivity index (χ0n) is 14.3. The Hall–Kier alpha value is -3.19. The van der Waals surface area contributed by atoms with E-state index < -0.39 is 0 Å². The Balaban J connectivity index is 1.98. The molecule has 1 amide bonds. The summed E-state index contributed by atoms with van der Waals surface area (Å²) < 4.78 is 3.03. The van der Waals surface area contributed by atoms with Crippen LogP contribution in [0.3, 0.4) is 0 Å². The van der Waals surface area contributed by atoms with Crippen LogP contribution in [0.5, 0.6) is 0 Å². The average Bonchev–Trinajstić information content (AvgIpc) is 3.19. The number of anilines is 1. The predicted octanol–water partition coefficient (Wildman–Crippen LogP) is 4.11. The van der Waals surface area contributed by atoms with E-state index in [1.165, 1.54) is 17.1 Å². The Morgan fingerprint density at radius 1 is 1.38 bits per heavy atom. The molecule has 0 atom stereocenters. The van der Waals surface area contributed by atoms with Gasteiger partial charge in [-0.1, -0.05) is 30.3 Å². The molecule has 0 saturated carbocycles. The summed E-state index contributed by atoms with van der Waals surface area (Å²) in [6.07, 6.45) is 4.52. The normalized spacial score (nSPS) is 11.0. The fourth-order valence-corrected chi connectivity index (χ4v) is 2.70. The molecule has 1 N–H and O–H groups in total. The minimum atomic E-state index is -0.355. The van der Waals surface area contributed by atoms with Crippen LogP contribution in [0.1, 0.15) is 23.0 Å². The lowest BCUT2D eigenvalue weighted by Crippen LogP contribution is -2.15. The number of carbonyl (C=O) groups is 1. The molecule has 132 valence electrons. The first kappa shape index (κ1) is 17.6. The lowest BCUT2D eigenvalue weighted by atomic mass is 10.3. The van der Waals surface area contributed by atoms with Crippen molar-refractivity contribution >= 4 is 41.6 Å². The zero-order chi connectivity index (χ0) is 18.7. The van der Waals surface area contributed by atoms with Gasteiger partial charge in [0, 0.05) is 18.5 Å². The van der Waals surface area contributed by atoms with Crippen molar-refractivity contribution in [3.63, 3.8) is 0 Å². The average molecular weight is 369 g/mol. The van der Waals surface area contributed by atoms with Gasteiger partial charge in [-0.25, -0.2) is 14.4 Å². The van der Waals surface area contributed by atoms with Gasteiger partial charge in [0.2, 0.25) is 0 Å². The van der Waals surface area contributed by atoms with Crippen molar-refractivity contribution in [1.29, 1.82) is 0 Å². The molecule has 0 spiro atoms. The van der Waals surface area contributed by atoms with Gasteiger partial charge in [0.25, 0.3) is 5.91 Å². The van der Waals surface area contributed by atoms with Crippen LogP contribution < -0.4 is 5.32 Å². The second-order valence-electron chi connectivity index (χ2n) is 5.38. The van der Waals surface area contributed by atoms with Crippen LogP contribution in [0.2, 0.25) is 5.02 Å². The maximum absolute atomic E-state index is 12.8. The van der Waals surface area contributed by atoms with Gasteiger partial charge < -0.3 is 5.32 Å². The maximum atomic E-state index is 12.8. The number of aliphatic imine (C=N–C) groups is 1. The number of para-hydroxylation sites is 1. The lowest BCUT2D eigenvalue weighted by Gasteiger charge is -2.10. The summed E-state index contributed by atoms with van der Waals surface area (Å²) in [7, 11) is 0. The van der Waals surface area contributed by atoms with E-state index in [-0.39, 0.29) is 5.91 Å². The third kappa shape index (κ3) is 3.29. The molecular formula is C18H17ClN6O. The molecule has 0 radical (unpaired) electrons.